The van der Waals surface area contributed by atoms with Gasteiger partial charge < -0.3 is 20.7 Å². The van der Waals surface area contributed by atoms with E-state index in [1.165, 1.54) is 0 Å². The van der Waals surface area contributed by atoms with Gasteiger partial charge in [-0.1, -0.05) is 0 Å². The largest absolute Gasteiger partial charge is 0.491 e. The molecule has 5 nitrogen and oxygen atoms in total. The van der Waals surface area contributed by atoms with Crippen LogP contribution in [0, 0.1) is 0 Å². The van der Waals surface area contributed by atoms with Crippen molar-refractivity contribution in [1.82, 2.24) is 4.90 Å². The number of fused-ring (bicyclic) bond motifs is 2. The summed E-state index contributed by atoms with van der Waals surface area (Å²) in [5, 5.41) is 20.0. The Morgan fingerprint density at radius 2 is 1.81 bits per heavy atom. The van der Waals surface area contributed by atoms with Gasteiger partial charge in [0.25, 0.3) is 0 Å². The number of nitrogens with two attached hydrogens (primary N) is 1. The van der Waals surface area contributed by atoms with Crippen LogP contribution < -0.4 is 10.5 Å². The average Bonchev–Trinajstić information content (AvgIpc) is 2.70. The molecule has 2 saturated heterocycles. The van der Waals surface area contributed by atoms with Crippen molar-refractivity contribution in [3.63, 3.8) is 0 Å². The minimum absolute atomic E-state index is 0.165. The number of aliphatic hydroxyl groups excluding tert-OH is 2. The van der Waals surface area contributed by atoms with Crippen LogP contribution in [0.25, 0.3) is 0 Å². The quantitative estimate of drug-likeness (QED) is 0.706. The first-order valence-corrected chi connectivity index (χ1v) is 7.72. The lowest BCUT2D eigenvalue weighted by atomic mass is 9.99. The highest BCUT2D eigenvalue weighted by atomic mass is 16.5. The van der Waals surface area contributed by atoms with Gasteiger partial charge in [0, 0.05) is 24.3 Å². The molecule has 3 rings (SSSR count). The molecule has 2 bridgehead atoms. The maximum atomic E-state index is 10.2. The molecular formula is C16H24N2O3. The molecule has 2 aliphatic heterocycles. The minimum atomic E-state index is -0.513. The predicted octanol–water partition coefficient (Wildman–Crippen LogP) is 0.996. The Kier molecular flexibility index (Phi) is 4.33. The number of hydrogen-bond donors (Lipinski definition) is 3. The van der Waals surface area contributed by atoms with E-state index in [-0.39, 0.29) is 12.7 Å². The van der Waals surface area contributed by atoms with E-state index < -0.39 is 6.10 Å². The molecule has 2 fully saturated rings. The summed E-state index contributed by atoms with van der Waals surface area (Å²) in [5.41, 5.74) is 6.32. The fourth-order valence-corrected chi connectivity index (χ4v) is 3.60. The van der Waals surface area contributed by atoms with Crippen molar-refractivity contribution in [3.8, 4) is 5.75 Å². The van der Waals surface area contributed by atoms with E-state index >= 15 is 0 Å². The highest BCUT2D eigenvalue weighted by Gasteiger charge is 2.40. The van der Waals surface area contributed by atoms with Crippen molar-refractivity contribution < 1.29 is 14.9 Å². The lowest BCUT2D eigenvalue weighted by Gasteiger charge is -2.38. The highest BCUT2D eigenvalue weighted by Crippen LogP contribution is 2.35. The molecule has 5 heteroatoms. The van der Waals surface area contributed by atoms with Gasteiger partial charge in [-0.3, -0.25) is 4.90 Å². The Balaban J connectivity index is 1.48. The number of nitrogen functional groups attached to an aromatic ring is 1. The number of anilines is 1. The first-order valence-electron chi connectivity index (χ1n) is 7.72. The van der Waals surface area contributed by atoms with Crippen LogP contribution in [0.3, 0.4) is 0 Å². The van der Waals surface area contributed by atoms with Gasteiger partial charge in [-0.05, 0) is 49.9 Å². The number of piperidine rings is 1. The molecule has 1 aromatic rings. The fourth-order valence-electron chi connectivity index (χ4n) is 3.60. The van der Waals surface area contributed by atoms with Gasteiger partial charge in [0.2, 0.25) is 0 Å². The fraction of sp³-hybridized carbons (Fsp3) is 0.625. The maximum absolute atomic E-state index is 10.2. The number of nitrogens with zero attached hydrogens (tertiary/aromatic N) is 1. The molecule has 0 radical (unpaired) electrons. The Hall–Kier alpha value is -1.30. The molecule has 0 amide bonds. The first-order chi connectivity index (χ1) is 10.1. The zero-order valence-corrected chi connectivity index (χ0v) is 12.2. The van der Waals surface area contributed by atoms with Gasteiger partial charge in [-0.2, -0.15) is 0 Å². The smallest absolute Gasteiger partial charge is 0.119 e. The minimum Gasteiger partial charge on any atom is -0.491 e. The molecule has 0 aromatic heterocycles. The van der Waals surface area contributed by atoms with Gasteiger partial charge >= 0.3 is 0 Å². The molecule has 4 N–H and O–H groups in total. The number of hydrogen-bond acceptors (Lipinski definition) is 5. The van der Waals surface area contributed by atoms with Crippen molar-refractivity contribution in [3.05, 3.63) is 24.3 Å². The van der Waals surface area contributed by atoms with Crippen LogP contribution in [-0.2, 0) is 0 Å². The van der Waals surface area contributed by atoms with E-state index in [0.29, 0.717) is 24.3 Å². The monoisotopic (exact) mass is 292 g/mol. The van der Waals surface area contributed by atoms with E-state index in [4.69, 9.17) is 10.5 Å². The second kappa shape index (κ2) is 6.22. The Morgan fingerprint density at radius 3 is 2.43 bits per heavy atom. The summed E-state index contributed by atoms with van der Waals surface area (Å²) < 4.78 is 5.59. The van der Waals surface area contributed by atoms with Gasteiger partial charge in [-0.25, -0.2) is 0 Å². The molecule has 2 aliphatic rings. The summed E-state index contributed by atoms with van der Waals surface area (Å²) >= 11 is 0. The zero-order valence-electron chi connectivity index (χ0n) is 12.2. The van der Waals surface area contributed by atoms with Gasteiger partial charge in [0.15, 0.2) is 0 Å². The second-order valence-corrected chi connectivity index (χ2v) is 6.24. The molecule has 0 spiro atoms. The van der Waals surface area contributed by atoms with Crippen molar-refractivity contribution in [2.45, 2.75) is 50.0 Å². The normalized spacial score (nSPS) is 30.3. The summed E-state index contributed by atoms with van der Waals surface area (Å²) in [6.45, 7) is 0.902. The second-order valence-electron chi connectivity index (χ2n) is 6.24. The number of aliphatic hydroxyl groups is 2. The number of ether oxygens (including phenoxy) is 1. The predicted molar refractivity (Wildman–Crippen MR) is 81.1 cm³/mol. The van der Waals surface area contributed by atoms with E-state index in [1.807, 2.05) is 12.1 Å². The topological polar surface area (TPSA) is 79.0 Å². The van der Waals surface area contributed by atoms with Crippen LogP contribution in [0.1, 0.15) is 25.7 Å². The van der Waals surface area contributed by atoms with Crippen LogP contribution in [0.4, 0.5) is 5.69 Å². The molecular weight excluding hydrogens is 268 g/mol. The van der Waals surface area contributed by atoms with Gasteiger partial charge in [0.05, 0.1) is 6.10 Å². The molecule has 3 unspecified atom stereocenters. The highest BCUT2D eigenvalue weighted by molar-refractivity contribution is 5.41. The molecule has 1 aromatic carbocycles. The third kappa shape index (κ3) is 3.48. The number of benzene rings is 1. The molecule has 0 aliphatic carbocycles. The number of rotatable bonds is 5. The lowest BCUT2D eigenvalue weighted by Crippen LogP contribution is -2.48. The Bertz CT molecular complexity index is 451. The summed E-state index contributed by atoms with van der Waals surface area (Å²) in [4.78, 5) is 2.35. The standard InChI is InChI=1S/C16H24N2O3/c17-11-1-5-16(6-2-11)21-10-15(20)9-18-12-3-4-13(18)8-14(19)7-12/h1-2,5-6,12-15,19-20H,3-4,7-10,17H2. The van der Waals surface area contributed by atoms with Crippen LogP contribution in [0.2, 0.25) is 0 Å². The Labute approximate surface area is 125 Å². The Morgan fingerprint density at radius 1 is 1.19 bits per heavy atom. The van der Waals surface area contributed by atoms with Crippen molar-refractivity contribution in [2.24, 2.45) is 0 Å². The summed E-state index contributed by atoms with van der Waals surface area (Å²) in [7, 11) is 0. The lowest BCUT2D eigenvalue weighted by molar-refractivity contribution is -0.00214. The van der Waals surface area contributed by atoms with E-state index in [9.17, 15) is 10.2 Å². The van der Waals surface area contributed by atoms with Gasteiger partial charge in [-0.15, -0.1) is 0 Å². The summed E-state index contributed by atoms with van der Waals surface area (Å²) in [6, 6.07) is 8.03. The average molecular weight is 292 g/mol. The van der Waals surface area contributed by atoms with Crippen LogP contribution >= 0.6 is 0 Å². The van der Waals surface area contributed by atoms with E-state index in [1.54, 1.807) is 12.1 Å². The van der Waals surface area contributed by atoms with Crippen molar-refractivity contribution in [1.29, 1.82) is 0 Å². The third-order valence-corrected chi connectivity index (χ3v) is 4.60. The SMILES string of the molecule is Nc1ccc(OCC(O)CN2C3CCC2CC(O)C3)cc1. The van der Waals surface area contributed by atoms with E-state index in [0.717, 1.165) is 31.4 Å². The molecule has 116 valence electrons. The van der Waals surface area contributed by atoms with Crippen LogP contribution in [0.5, 0.6) is 5.75 Å². The third-order valence-electron chi connectivity index (χ3n) is 4.60. The summed E-state index contributed by atoms with van der Waals surface area (Å²) in [6.07, 6.45) is 3.26. The first kappa shape index (κ1) is 14.6. The van der Waals surface area contributed by atoms with Crippen LogP contribution in [-0.4, -0.2) is 52.6 Å². The molecule has 21 heavy (non-hydrogen) atoms. The maximum Gasteiger partial charge on any atom is 0.119 e. The molecule has 0 saturated carbocycles. The summed E-state index contributed by atoms with van der Waals surface area (Å²) in [5.74, 6) is 0.722. The van der Waals surface area contributed by atoms with Crippen molar-refractivity contribution in [2.75, 3.05) is 18.9 Å². The van der Waals surface area contributed by atoms with Crippen LogP contribution in [0.15, 0.2) is 24.3 Å². The van der Waals surface area contributed by atoms with Crippen molar-refractivity contribution >= 4 is 5.69 Å². The zero-order chi connectivity index (χ0) is 14.8. The van der Waals surface area contributed by atoms with E-state index in [2.05, 4.69) is 4.90 Å². The molecule has 3 atom stereocenters. The molecule has 2 heterocycles. The van der Waals surface area contributed by atoms with Gasteiger partial charge in [0.1, 0.15) is 18.5 Å².